The maximum Gasteiger partial charge on any atom is 0.405 e. The molecule has 1 amide bonds. The van der Waals surface area contributed by atoms with E-state index in [1.165, 1.54) is 0 Å². The van der Waals surface area contributed by atoms with Crippen molar-refractivity contribution in [3.8, 4) is 5.75 Å². The molecule has 4 nitrogen and oxygen atoms in total. The zero-order valence-electron chi connectivity index (χ0n) is 7.16. The molecular formula is C9H8BrNO3. The van der Waals surface area contributed by atoms with Crippen LogP contribution in [-0.2, 0) is 0 Å². The van der Waals surface area contributed by atoms with E-state index in [-0.39, 0.29) is 6.04 Å². The van der Waals surface area contributed by atoms with Crippen molar-refractivity contribution in [1.29, 1.82) is 0 Å². The SMILES string of the molecule is O=C(O)N[C@@H]1COc2cc(Br)ccc21. The molecule has 1 aromatic rings. The predicted molar refractivity (Wildman–Crippen MR) is 53.5 cm³/mol. The molecule has 1 aliphatic rings. The summed E-state index contributed by atoms with van der Waals surface area (Å²) in [6, 6.07) is 5.30. The topological polar surface area (TPSA) is 58.6 Å². The second-order valence-electron chi connectivity index (χ2n) is 3.00. The summed E-state index contributed by atoms with van der Waals surface area (Å²) in [5, 5.41) is 11.0. The van der Waals surface area contributed by atoms with E-state index in [0.717, 1.165) is 15.8 Å². The van der Waals surface area contributed by atoms with E-state index in [9.17, 15) is 4.79 Å². The first-order chi connectivity index (χ1) is 6.66. The molecule has 1 aliphatic heterocycles. The smallest absolute Gasteiger partial charge is 0.405 e. The molecule has 0 spiro atoms. The van der Waals surface area contributed by atoms with Gasteiger partial charge in [-0.3, -0.25) is 0 Å². The van der Waals surface area contributed by atoms with Crippen LogP contribution in [0, 0.1) is 0 Å². The van der Waals surface area contributed by atoms with Crippen LogP contribution in [0.2, 0.25) is 0 Å². The van der Waals surface area contributed by atoms with Gasteiger partial charge in [-0.15, -0.1) is 0 Å². The lowest BCUT2D eigenvalue weighted by molar-refractivity contribution is 0.186. The van der Waals surface area contributed by atoms with Crippen molar-refractivity contribution < 1.29 is 14.6 Å². The number of carboxylic acid groups (broad SMARTS) is 1. The van der Waals surface area contributed by atoms with Crippen molar-refractivity contribution in [2.75, 3.05) is 6.61 Å². The van der Waals surface area contributed by atoms with Crippen LogP contribution in [0.5, 0.6) is 5.75 Å². The Kier molecular flexibility index (Phi) is 2.33. The number of fused-ring (bicyclic) bond motifs is 1. The molecule has 0 saturated carbocycles. The first kappa shape index (κ1) is 9.33. The number of rotatable bonds is 1. The van der Waals surface area contributed by atoms with Crippen LogP contribution in [0.4, 0.5) is 4.79 Å². The molecule has 1 aromatic carbocycles. The van der Waals surface area contributed by atoms with Gasteiger partial charge in [-0.05, 0) is 12.1 Å². The maximum atomic E-state index is 10.5. The number of carbonyl (C=O) groups is 1. The highest BCUT2D eigenvalue weighted by Crippen LogP contribution is 2.34. The average Bonchev–Trinajstić information content (AvgIpc) is 2.47. The lowest BCUT2D eigenvalue weighted by Gasteiger charge is -2.07. The zero-order valence-corrected chi connectivity index (χ0v) is 8.74. The van der Waals surface area contributed by atoms with Gasteiger partial charge in [0.2, 0.25) is 0 Å². The molecule has 0 aromatic heterocycles. The second kappa shape index (κ2) is 3.49. The van der Waals surface area contributed by atoms with Gasteiger partial charge in [-0.2, -0.15) is 0 Å². The first-order valence-electron chi connectivity index (χ1n) is 4.08. The number of benzene rings is 1. The van der Waals surface area contributed by atoms with Gasteiger partial charge in [0.15, 0.2) is 0 Å². The van der Waals surface area contributed by atoms with E-state index in [0.29, 0.717) is 6.61 Å². The Morgan fingerprint density at radius 1 is 1.64 bits per heavy atom. The molecule has 0 bridgehead atoms. The van der Waals surface area contributed by atoms with Crippen LogP contribution < -0.4 is 10.1 Å². The Labute approximate surface area is 89.0 Å². The van der Waals surface area contributed by atoms with Crippen molar-refractivity contribution >= 4 is 22.0 Å². The Bertz CT molecular complexity index is 380. The Hall–Kier alpha value is -1.23. The molecule has 1 heterocycles. The highest BCUT2D eigenvalue weighted by atomic mass is 79.9. The fourth-order valence-electron chi connectivity index (χ4n) is 1.45. The minimum absolute atomic E-state index is 0.254. The fraction of sp³-hybridized carbons (Fsp3) is 0.222. The first-order valence-corrected chi connectivity index (χ1v) is 4.88. The van der Waals surface area contributed by atoms with Crippen molar-refractivity contribution in [3.63, 3.8) is 0 Å². The number of hydrogen-bond donors (Lipinski definition) is 2. The minimum Gasteiger partial charge on any atom is -0.491 e. The molecular weight excluding hydrogens is 250 g/mol. The third kappa shape index (κ3) is 1.68. The molecule has 1 atom stereocenters. The van der Waals surface area contributed by atoms with E-state index in [1.54, 1.807) is 0 Å². The van der Waals surface area contributed by atoms with Crippen LogP contribution >= 0.6 is 15.9 Å². The Morgan fingerprint density at radius 2 is 2.43 bits per heavy atom. The van der Waals surface area contributed by atoms with Gasteiger partial charge in [0.1, 0.15) is 12.4 Å². The normalized spacial score (nSPS) is 18.5. The van der Waals surface area contributed by atoms with E-state index in [1.807, 2.05) is 18.2 Å². The van der Waals surface area contributed by atoms with Crippen molar-refractivity contribution in [2.24, 2.45) is 0 Å². The van der Waals surface area contributed by atoms with Gasteiger partial charge in [0.25, 0.3) is 0 Å². The van der Waals surface area contributed by atoms with Gasteiger partial charge in [0.05, 0.1) is 6.04 Å². The van der Waals surface area contributed by atoms with Gasteiger partial charge >= 0.3 is 6.09 Å². The number of nitrogens with one attached hydrogen (secondary N) is 1. The number of hydrogen-bond acceptors (Lipinski definition) is 2. The number of halogens is 1. The van der Waals surface area contributed by atoms with Gasteiger partial charge in [0, 0.05) is 10.0 Å². The molecule has 14 heavy (non-hydrogen) atoms. The average molecular weight is 258 g/mol. The Morgan fingerprint density at radius 3 is 3.14 bits per heavy atom. The summed E-state index contributed by atoms with van der Waals surface area (Å²) in [6.45, 7) is 0.359. The summed E-state index contributed by atoms with van der Waals surface area (Å²) in [4.78, 5) is 10.5. The lowest BCUT2D eigenvalue weighted by atomic mass is 10.1. The van der Waals surface area contributed by atoms with Crippen molar-refractivity contribution in [1.82, 2.24) is 5.32 Å². The highest BCUT2D eigenvalue weighted by molar-refractivity contribution is 9.10. The zero-order chi connectivity index (χ0) is 10.1. The van der Waals surface area contributed by atoms with Gasteiger partial charge in [-0.1, -0.05) is 22.0 Å². The summed E-state index contributed by atoms with van der Waals surface area (Å²) in [6.07, 6.45) is -1.03. The van der Waals surface area contributed by atoms with Crippen molar-refractivity contribution in [3.05, 3.63) is 28.2 Å². The maximum absolute atomic E-state index is 10.5. The summed E-state index contributed by atoms with van der Waals surface area (Å²) < 4.78 is 6.26. The second-order valence-corrected chi connectivity index (χ2v) is 3.91. The fourth-order valence-corrected chi connectivity index (χ4v) is 1.79. The van der Waals surface area contributed by atoms with Crippen molar-refractivity contribution in [2.45, 2.75) is 6.04 Å². The quantitative estimate of drug-likeness (QED) is 0.811. The van der Waals surface area contributed by atoms with E-state index >= 15 is 0 Å². The molecule has 74 valence electrons. The van der Waals surface area contributed by atoms with Gasteiger partial charge < -0.3 is 15.2 Å². The molecule has 0 fully saturated rings. The lowest BCUT2D eigenvalue weighted by Crippen LogP contribution is -2.27. The van der Waals surface area contributed by atoms with Crippen LogP contribution in [0.25, 0.3) is 0 Å². The molecule has 0 saturated heterocycles. The molecule has 5 heteroatoms. The number of ether oxygens (including phenoxy) is 1. The molecule has 2 rings (SSSR count). The summed E-state index contributed by atoms with van der Waals surface area (Å²) in [7, 11) is 0. The summed E-state index contributed by atoms with van der Waals surface area (Å²) >= 11 is 3.32. The largest absolute Gasteiger partial charge is 0.491 e. The van der Waals surface area contributed by atoms with E-state index < -0.39 is 6.09 Å². The van der Waals surface area contributed by atoms with E-state index in [2.05, 4.69) is 21.2 Å². The van der Waals surface area contributed by atoms with Crippen LogP contribution in [0.1, 0.15) is 11.6 Å². The number of amides is 1. The minimum atomic E-state index is -1.03. The van der Waals surface area contributed by atoms with Crippen LogP contribution in [-0.4, -0.2) is 17.8 Å². The third-order valence-corrected chi connectivity index (χ3v) is 2.55. The predicted octanol–water partition coefficient (Wildman–Crippen LogP) is 2.15. The molecule has 0 radical (unpaired) electrons. The summed E-state index contributed by atoms with van der Waals surface area (Å²) in [5.74, 6) is 0.734. The summed E-state index contributed by atoms with van der Waals surface area (Å²) in [5.41, 5.74) is 0.885. The molecule has 0 unspecified atom stereocenters. The van der Waals surface area contributed by atoms with Crippen LogP contribution in [0.15, 0.2) is 22.7 Å². The molecule has 0 aliphatic carbocycles. The van der Waals surface area contributed by atoms with Crippen LogP contribution in [0.3, 0.4) is 0 Å². The van der Waals surface area contributed by atoms with Gasteiger partial charge in [-0.25, -0.2) is 4.79 Å². The monoisotopic (exact) mass is 257 g/mol. The highest BCUT2D eigenvalue weighted by Gasteiger charge is 2.25. The molecule has 2 N–H and O–H groups in total. The standard InChI is InChI=1S/C9H8BrNO3/c10-5-1-2-6-7(11-9(12)13)4-14-8(6)3-5/h1-3,7,11H,4H2,(H,12,13)/t7-/m1/s1. The Balaban J connectivity index is 2.26. The third-order valence-electron chi connectivity index (χ3n) is 2.05. The van der Waals surface area contributed by atoms with E-state index in [4.69, 9.17) is 9.84 Å².